The molecule has 1 N–H and O–H groups in total. The number of nitrogens with zero attached hydrogens (tertiary/aromatic N) is 2. The van der Waals surface area contributed by atoms with Crippen molar-refractivity contribution in [1.82, 2.24) is 5.32 Å². The summed E-state index contributed by atoms with van der Waals surface area (Å²) in [5, 5.41) is 3.24. The number of hydrogen-bond donors (Lipinski definition) is 1. The highest BCUT2D eigenvalue weighted by atomic mass is 35.5. The van der Waals surface area contributed by atoms with E-state index in [0.29, 0.717) is 5.56 Å². The highest BCUT2D eigenvalue weighted by Crippen LogP contribution is 2.33. The Morgan fingerprint density at radius 3 is 2.50 bits per heavy atom. The van der Waals surface area contributed by atoms with E-state index >= 15 is 0 Å². The van der Waals surface area contributed by atoms with E-state index in [9.17, 15) is 22.4 Å². The van der Waals surface area contributed by atoms with E-state index in [1.807, 2.05) is 0 Å². The van der Waals surface area contributed by atoms with Gasteiger partial charge in [-0.1, -0.05) is 55.1 Å². The van der Waals surface area contributed by atoms with E-state index in [4.69, 9.17) is 11.6 Å². The Labute approximate surface area is 192 Å². The second-order valence-corrected chi connectivity index (χ2v) is 8.62. The van der Waals surface area contributed by atoms with Gasteiger partial charge in [-0.3, -0.25) is 14.5 Å². The number of rotatable bonds is 7. The molecule has 2 aromatic carbocycles. The van der Waals surface area contributed by atoms with Crippen molar-refractivity contribution in [3.63, 3.8) is 0 Å². The molecule has 1 aliphatic carbocycles. The Balaban J connectivity index is 2.09. The Bertz CT molecular complexity index is 1110. The van der Waals surface area contributed by atoms with Crippen molar-refractivity contribution in [2.75, 3.05) is 11.4 Å². The Morgan fingerprint density at radius 1 is 1.12 bits per heavy atom. The smallest absolute Gasteiger partial charge is 0.311 e. The number of nitrogens with one attached hydrogen (secondary N) is 1. The molecule has 0 radical (unpaired) electrons. The van der Waals surface area contributed by atoms with Crippen molar-refractivity contribution in [3.8, 4) is 0 Å². The van der Waals surface area contributed by atoms with Crippen LogP contribution in [0.3, 0.4) is 0 Å². The molecule has 1 fully saturated rings. The van der Waals surface area contributed by atoms with Gasteiger partial charge in [-0.25, -0.2) is 4.39 Å². The predicted molar refractivity (Wildman–Crippen MR) is 119 cm³/mol. The molecule has 1 aliphatic rings. The van der Waals surface area contributed by atoms with Gasteiger partial charge in [-0.15, -0.1) is 0 Å². The average Bonchev–Trinajstić information content (AvgIpc) is 2.77. The average molecular weight is 480 g/mol. The van der Waals surface area contributed by atoms with E-state index in [0.717, 1.165) is 43.1 Å². The van der Waals surface area contributed by atoms with Crippen molar-refractivity contribution in [3.05, 3.63) is 64.9 Å². The number of halogens is 2. The quantitative estimate of drug-likeness (QED) is 0.647. The minimum Gasteiger partial charge on any atom is -0.351 e. The van der Waals surface area contributed by atoms with E-state index in [1.165, 1.54) is 18.2 Å². The molecule has 1 atom stereocenters. The Morgan fingerprint density at radius 2 is 1.84 bits per heavy atom. The summed E-state index contributed by atoms with van der Waals surface area (Å²) in [5.41, 5.74) is 0.425. The largest absolute Gasteiger partial charge is 0.351 e. The fourth-order valence-corrected chi connectivity index (χ4v) is 4.32. The van der Waals surface area contributed by atoms with Crippen LogP contribution >= 0.6 is 11.6 Å². The van der Waals surface area contributed by atoms with Crippen LogP contribution in [0.15, 0.2) is 52.9 Å². The monoisotopic (exact) mass is 479 g/mol. The van der Waals surface area contributed by atoms with Crippen LogP contribution in [-0.2, 0) is 20.1 Å². The number of anilines is 1. The maximum atomic E-state index is 14.0. The van der Waals surface area contributed by atoms with Gasteiger partial charge in [0.15, 0.2) is 0 Å². The van der Waals surface area contributed by atoms with Gasteiger partial charge in [-0.05, 0) is 37.1 Å². The molecule has 3 rings (SSSR count). The van der Waals surface area contributed by atoms with Crippen LogP contribution in [-0.4, -0.2) is 32.8 Å². The predicted octanol–water partition coefficient (Wildman–Crippen LogP) is 4.07. The lowest BCUT2D eigenvalue weighted by Gasteiger charge is -2.33. The molecule has 0 saturated heterocycles. The topological polar surface area (TPSA) is 95.9 Å². The number of carbonyl (C=O) groups is 2. The van der Waals surface area contributed by atoms with Crippen molar-refractivity contribution in [2.24, 2.45) is 4.36 Å². The molecule has 170 valence electrons. The lowest BCUT2D eigenvalue weighted by atomic mass is 9.94. The first kappa shape index (κ1) is 23.9. The summed E-state index contributed by atoms with van der Waals surface area (Å²) >= 11 is 6.39. The fraction of sp³-hybridized carbons (Fsp3) is 0.364. The van der Waals surface area contributed by atoms with Gasteiger partial charge in [0, 0.05) is 22.3 Å². The van der Waals surface area contributed by atoms with Gasteiger partial charge in [0.05, 0.1) is 0 Å². The number of amides is 2. The third-order valence-corrected chi connectivity index (χ3v) is 6.00. The third-order valence-electron chi connectivity index (χ3n) is 5.32. The minimum absolute atomic E-state index is 0.0514. The summed E-state index contributed by atoms with van der Waals surface area (Å²) in [5.74, 6) is -1.88. The molecular formula is C22H23ClFN3O4S. The molecule has 7 nitrogen and oxygen atoms in total. The zero-order chi connectivity index (χ0) is 23.1. The van der Waals surface area contributed by atoms with Crippen molar-refractivity contribution in [2.45, 2.75) is 44.2 Å². The van der Waals surface area contributed by atoms with Crippen molar-refractivity contribution >= 4 is 39.6 Å². The summed E-state index contributed by atoms with van der Waals surface area (Å²) in [6.45, 7) is -0.732. The van der Waals surface area contributed by atoms with Crippen LogP contribution in [0.2, 0.25) is 5.02 Å². The second-order valence-electron chi connectivity index (χ2n) is 7.52. The van der Waals surface area contributed by atoms with E-state index in [-0.39, 0.29) is 16.8 Å². The summed E-state index contributed by atoms with van der Waals surface area (Å²) in [4.78, 5) is 27.6. The van der Waals surface area contributed by atoms with Gasteiger partial charge in [0.1, 0.15) is 18.4 Å². The van der Waals surface area contributed by atoms with Gasteiger partial charge in [-0.2, -0.15) is 12.8 Å². The molecule has 1 unspecified atom stereocenters. The molecule has 32 heavy (non-hydrogen) atoms. The Kier molecular flexibility index (Phi) is 8.35. The first-order valence-corrected chi connectivity index (χ1v) is 11.7. The normalized spacial score (nSPS) is 14.9. The Hall–Kier alpha value is -2.78. The molecular weight excluding hydrogens is 457 g/mol. The fourth-order valence-electron chi connectivity index (χ4n) is 3.87. The first-order chi connectivity index (χ1) is 15.4. The molecule has 10 heteroatoms. The maximum absolute atomic E-state index is 14.0. The number of hydrogen-bond acceptors (Lipinski definition) is 5. The summed E-state index contributed by atoms with van der Waals surface area (Å²) in [7, 11) is -2.82. The van der Waals surface area contributed by atoms with Crippen LogP contribution in [0.4, 0.5) is 10.1 Å². The SMILES string of the molecule is O=C(NC1CCCCC1)C(c1ccccc1Cl)N(C(=O)CN=S(=O)=O)c1cccc(F)c1. The van der Waals surface area contributed by atoms with Gasteiger partial charge in [0.25, 0.3) is 5.91 Å². The molecule has 0 spiro atoms. The number of benzene rings is 2. The van der Waals surface area contributed by atoms with Gasteiger partial charge >= 0.3 is 10.5 Å². The highest BCUT2D eigenvalue weighted by molar-refractivity contribution is 7.61. The van der Waals surface area contributed by atoms with Crippen LogP contribution in [0.1, 0.15) is 43.7 Å². The van der Waals surface area contributed by atoms with Crippen LogP contribution in [0, 0.1) is 5.82 Å². The van der Waals surface area contributed by atoms with Crippen molar-refractivity contribution < 1.29 is 22.4 Å². The molecule has 2 aromatic rings. The lowest BCUT2D eigenvalue weighted by Crippen LogP contribution is -2.48. The molecule has 1 saturated carbocycles. The van der Waals surface area contributed by atoms with E-state index in [2.05, 4.69) is 9.68 Å². The standard InChI is InChI=1S/C22H23ClFN3O4S/c23-19-12-5-4-11-18(19)21(22(29)26-16-8-2-1-3-9-16)27(20(28)14-25-32(30)31)17-10-6-7-15(24)13-17/h4-7,10-13,16,21H,1-3,8-9,14H2,(H,26,29). The van der Waals surface area contributed by atoms with E-state index < -0.39 is 40.7 Å². The van der Waals surface area contributed by atoms with E-state index in [1.54, 1.807) is 24.3 Å². The molecule has 2 amide bonds. The van der Waals surface area contributed by atoms with Gasteiger partial charge in [0.2, 0.25) is 5.91 Å². The molecule has 0 bridgehead atoms. The summed E-state index contributed by atoms with van der Waals surface area (Å²) in [6.07, 6.45) is 4.71. The molecule has 0 aromatic heterocycles. The minimum atomic E-state index is -2.82. The number of carbonyl (C=O) groups excluding carboxylic acids is 2. The van der Waals surface area contributed by atoms with Gasteiger partial charge < -0.3 is 5.32 Å². The first-order valence-electron chi connectivity index (χ1n) is 10.3. The summed E-state index contributed by atoms with van der Waals surface area (Å²) in [6, 6.07) is 10.4. The van der Waals surface area contributed by atoms with Crippen LogP contribution < -0.4 is 10.2 Å². The summed E-state index contributed by atoms with van der Waals surface area (Å²) < 4.78 is 39.1. The van der Waals surface area contributed by atoms with Crippen LogP contribution in [0.25, 0.3) is 0 Å². The molecule has 0 aliphatic heterocycles. The zero-order valence-electron chi connectivity index (χ0n) is 17.2. The highest BCUT2D eigenvalue weighted by Gasteiger charge is 2.35. The molecule has 0 heterocycles. The lowest BCUT2D eigenvalue weighted by molar-refractivity contribution is -0.126. The third kappa shape index (κ3) is 6.14. The second kappa shape index (κ2) is 11.2. The zero-order valence-corrected chi connectivity index (χ0v) is 18.8. The maximum Gasteiger partial charge on any atom is 0.311 e. The van der Waals surface area contributed by atoms with Crippen molar-refractivity contribution in [1.29, 1.82) is 0 Å². The van der Waals surface area contributed by atoms with Crippen LogP contribution in [0.5, 0.6) is 0 Å².